The van der Waals surface area contributed by atoms with Gasteiger partial charge in [0.15, 0.2) is 0 Å². The van der Waals surface area contributed by atoms with E-state index in [0.717, 1.165) is 39.1 Å². The molecule has 0 radical (unpaired) electrons. The molecule has 0 N–H and O–H groups in total. The van der Waals surface area contributed by atoms with Crippen molar-refractivity contribution in [2.24, 2.45) is 0 Å². The number of aryl methyl sites for hydroxylation is 2. The predicted octanol–water partition coefficient (Wildman–Crippen LogP) is 4.38. The van der Waals surface area contributed by atoms with Gasteiger partial charge >= 0.3 is 5.63 Å². The molecule has 2 aromatic carbocycles. The zero-order valence-electron chi connectivity index (χ0n) is 16.3. The van der Waals surface area contributed by atoms with Crippen LogP contribution in [0.2, 0.25) is 0 Å². The molecule has 1 aromatic heterocycles. The van der Waals surface area contributed by atoms with Crippen LogP contribution in [0.25, 0.3) is 11.0 Å². The standard InChI is InChI=1S/C22H25NO3/c1-13-14(2)21-19(15(3)20(13)25-6)12-17(22(24)26-21)11-16-7-9-18(10-8-16)23(4)5/h7-10,12H,11H2,1-6H3. The molecule has 4 nitrogen and oxygen atoms in total. The highest BCUT2D eigenvalue weighted by Gasteiger charge is 2.16. The first-order valence-electron chi connectivity index (χ1n) is 8.70. The van der Waals surface area contributed by atoms with E-state index in [1.165, 1.54) is 0 Å². The number of anilines is 1. The van der Waals surface area contributed by atoms with Crippen LogP contribution in [0, 0.1) is 20.8 Å². The lowest BCUT2D eigenvalue weighted by atomic mass is 9.97. The van der Waals surface area contributed by atoms with Crippen molar-refractivity contribution in [3.8, 4) is 5.75 Å². The number of ether oxygens (including phenoxy) is 1. The summed E-state index contributed by atoms with van der Waals surface area (Å²) in [6.07, 6.45) is 0.542. The smallest absolute Gasteiger partial charge is 0.339 e. The third-order valence-corrected chi connectivity index (χ3v) is 5.06. The lowest BCUT2D eigenvalue weighted by Gasteiger charge is -2.15. The fourth-order valence-corrected chi connectivity index (χ4v) is 3.37. The second-order valence-corrected chi connectivity index (χ2v) is 6.95. The second-order valence-electron chi connectivity index (χ2n) is 6.95. The van der Waals surface area contributed by atoms with Crippen LogP contribution >= 0.6 is 0 Å². The minimum Gasteiger partial charge on any atom is -0.496 e. The monoisotopic (exact) mass is 351 g/mol. The highest BCUT2D eigenvalue weighted by molar-refractivity contribution is 5.87. The average Bonchev–Trinajstić information content (AvgIpc) is 2.62. The van der Waals surface area contributed by atoms with Crippen molar-refractivity contribution in [2.75, 3.05) is 26.1 Å². The Morgan fingerprint density at radius 1 is 1.00 bits per heavy atom. The van der Waals surface area contributed by atoms with Gasteiger partial charge in [-0.1, -0.05) is 12.1 Å². The Morgan fingerprint density at radius 2 is 1.65 bits per heavy atom. The number of hydrogen-bond acceptors (Lipinski definition) is 4. The normalized spacial score (nSPS) is 11.0. The third-order valence-electron chi connectivity index (χ3n) is 5.06. The Balaban J connectivity index is 2.09. The number of methoxy groups -OCH3 is 1. The molecule has 26 heavy (non-hydrogen) atoms. The molecule has 0 bridgehead atoms. The molecule has 0 aliphatic carbocycles. The van der Waals surface area contributed by atoms with Crippen LogP contribution in [0.1, 0.15) is 27.8 Å². The van der Waals surface area contributed by atoms with E-state index < -0.39 is 0 Å². The Morgan fingerprint density at radius 3 is 2.23 bits per heavy atom. The number of rotatable bonds is 4. The molecule has 1 heterocycles. The summed E-state index contributed by atoms with van der Waals surface area (Å²) in [6, 6.07) is 10.2. The van der Waals surface area contributed by atoms with Gasteiger partial charge in [-0.2, -0.15) is 0 Å². The Kier molecular flexibility index (Phi) is 4.77. The summed E-state index contributed by atoms with van der Waals surface area (Å²) in [6.45, 7) is 5.95. The van der Waals surface area contributed by atoms with E-state index in [0.29, 0.717) is 17.6 Å². The molecule has 0 saturated carbocycles. The van der Waals surface area contributed by atoms with E-state index in [4.69, 9.17) is 9.15 Å². The first-order valence-corrected chi connectivity index (χ1v) is 8.70. The summed E-state index contributed by atoms with van der Waals surface area (Å²) < 4.78 is 11.3. The quantitative estimate of drug-likeness (QED) is 0.654. The minimum atomic E-state index is -0.277. The fraction of sp³-hybridized carbons (Fsp3) is 0.318. The maximum Gasteiger partial charge on any atom is 0.339 e. The summed E-state index contributed by atoms with van der Waals surface area (Å²) in [7, 11) is 5.69. The molecule has 0 fully saturated rings. The Bertz CT molecular complexity index is 1010. The van der Waals surface area contributed by atoms with Crippen LogP contribution in [-0.2, 0) is 6.42 Å². The molecule has 0 saturated heterocycles. The van der Waals surface area contributed by atoms with Crippen LogP contribution in [0.4, 0.5) is 5.69 Å². The first kappa shape index (κ1) is 18.1. The topological polar surface area (TPSA) is 42.7 Å². The highest BCUT2D eigenvalue weighted by Crippen LogP contribution is 2.34. The SMILES string of the molecule is COc1c(C)c(C)c2oc(=O)c(Cc3ccc(N(C)C)cc3)cc2c1C. The molecule has 4 heteroatoms. The van der Waals surface area contributed by atoms with Crippen LogP contribution in [0.5, 0.6) is 5.75 Å². The van der Waals surface area contributed by atoms with E-state index in [2.05, 4.69) is 17.0 Å². The summed E-state index contributed by atoms with van der Waals surface area (Å²) in [5, 5.41) is 0.935. The Hall–Kier alpha value is -2.75. The van der Waals surface area contributed by atoms with Crippen molar-refractivity contribution in [2.45, 2.75) is 27.2 Å². The fourth-order valence-electron chi connectivity index (χ4n) is 3.37. The zero-order chi connectivity index (χ0) is 19.0. The van der Waals surface area contributed by atoms with Crippen LogP contribution in [0.15, 0.2) is 39.5 Å². The van der Waals surface area contributed by atoms with Crippen LogP contribution in [0.3, 0.4) is 0 Å². The molecule has 0 aliphatic heterocycles. The van der Waals surface area contributed by atoms with Gasteiger partial charge in [0, 0.05) is 42.7 Å². The zero-order valence-corrected chi connectivity index (χ0v) is 16.3. The molecular formula is C22H25NO3. The Labute approximate surface area is 154 Å². The number of benzene rings is 2. The lowest BCUT2D eigenvalue weighted by molar-refractivity contribution is 0.408. The van der Waals surface area contributed by atoms with Crippen molar-refractivity contribution in [1.82, 2.24) is 0 Å². The maximum atomic E-state index is 12.5. The van der Waals surface area contributed by atoms with Crippen molar-refractivity contribution in [3.05, 3.63) is 68.6 Å². The highest BCUT2D eigenvalue weighted by atomic mass is 16.5. The van der Waals surface area contributed by atoms with Crippen molar-refractivity contribution >= 4 is 16.7 Å². The van der Waals surface area contributed by atoms with Crippen molar-refractivity contribution < 1.29 is 9.15 Å². The molecule has 0 aliphatic rings. The predicted molar refractivity (Wildman–Crippen MR) is 107 cm³/mol. The number of fused-ring (bicyclic) bond motifs is 1. The largest absolute Gasteiger partial charge is 0.496 e. The van der Waals surface area contributed by atoms with Crippen molar-refractivity contribution in [1.29, 1.82) is 0 Å². The minimum absolute atomic E-state index is 0.277. The van der Waals surface area contributed by atoms with Gasteiger partial charge < -0.3 is 14.1 Å². The number of nitrogens with zero attached hydrogens (tertiary/aromatic N) is 1. The van der Waals surface area contributed by atoms with Gasteiger partial charge in [0.05, 0.1) is 7.11 Å². The molecule has 136 valence electrons. The van der Waals surface area contributed by atoms with E-state index >= 15 is 0 Å². The third kappa shape index (κ3) is 3.07. The van der Waals surface area contributed by atoms with E-state index in [-0.39, 0.29) is 5.63 Å². The van der Waals surface area contributed by atoms with Crippen LogP contribution < -0.4 is 15.3 Å². The maximum absolute atomic E-state index is 12.5. The molecule has 3 rings (SSSR count). The van der Waals surface area contributed by atoms with Crippen molar-refractivity contribution in [3.63, 3.8) is 0 Å². The van der Waals surface area contributed by atoms with E-state index in [1.807, 2.05) is 53.1 Å². The van der Waals surface area contributed by atoms with Crippen LogP contribution in [-0.4, -0.2) is 21.2 Å². The molecule has 0 unspecified atom stereocenters. The molecule has 0 spiro atoms. The average molecular weight is 351 g/mol. The van der Waals surface area contributed by atoms with Gasteiger partial charge in [-0.3, -0.25) is 0 Å². The van der Waals surface area contributed by atoms with Gasteiger partial charge in [0.1, 0.15) is 11.3 Å². The lowest BCUT2D eigenvalue weighted by Crippen LogP contribution is -2.10. The second kappa shape index (κ2) is 6.87. The molecule has 0 atom stereocenters. The number of hydrogen-bond donors (Lipinski definition) is 0. The van der Waals surface area contributed by atoms with E-state index in [1.54, 1.807) is 7.11 Å². The molecular weight excluding hydrogens is 326 g/mol. The van der Waals surface area contributed by atoms with Gasteiger partial charge in [0.2, 0.25) is 0 Å². The molecule has 3 aromatic rings. The molecule has 0 amide bonds. The summed E-state index contributed by atoms with van der Waals surface area (Å²) >= 11 is 0. The van der Waals surface area contributed by atoms with E-state index in [9.17, 15) is 4.79 Å². The summed E-state index contributed by atoms with van der Waals surface area (Å²) in [4.78, 5) is 14.6. The van der Waals surface area contributed by atoms with Gasteiger partial charge in [0.25, 0.3) is 0 Å². The summed E-state index contributed by atoms with van der Waals surface area (Å²) in [5.41, 5.74) is 6.19. The van der Waals surface area contributed by atoms with Gasteiger partial charge in [-0.05, 0) is 55.7 Å². The summed E-state index contributed by atoms with van der Waals surface area (Å²) in [5.74, 6) is 0.852. The van der Waals surface area contributed by atoms with Gasteiger partial charge in [-0.15, -0.1) is 0 Å². The first-order chi connectivity index (χ1) is 12.3. The van der Waals surface area contributed by atoms with Gasteiger partial charge in [-0.25, -0.2) is 4.79 Å².